The summed E-state index contributed by atoms with van der Waals surface area (Å²) in [6, 6.07) is 4.95. The number of nitrogens with one attached hydrogen (secondary N) is 1. The van der Waals surface area contributed by atoms with Gasteiger partial charge >= 0.3 is 0 Å². The fraction of sp³-hybridized carbons (Fsp3) is 0.500. The Labute approximate surface area is 132 Å². The first-order chi connectivity index (χ1) is 9.91. The second-order valence-corrected chi connectivity index (χ2v) is 8.32. The van der Waals surface area contributed by atoms with Crippen LogP contribution in [0.15, 0.2) is 27.6 Å². The van der Waals surface area contributed by atoms with E-state index in [1.54, 1.807) is 18.2 Å². The molecule has 2 heterocycles. The highest BCUT2D eigenvalue weighted by Crippen LogP contribution is 2.34. The fourth-order valence-electron chi connectivity index (χ4n) is 3.15. The number of benzene rings is 1. The zero-order valence-corrected chi connectivity index (χ0v) is 14.1. The molecule has 1 aromatic carbocycles. The summed E-state index contributed by atoms with van der Waals surface area (Å²) in [4.78, 5) is 12.1. The highest BCUT2D eigenvalue weighted by atomic mass is 79.9. The molecule has 1 N–H and O–H groups in total. The van der Waals surface area contributed by atoms with Gasteiger partial charge in [-0.3, -0.25) is 4.79 Å². The summed E-state index contributed by atoms with van der Waals surface area (Å²) < 4.78 is 27.9. The number of nitrogens with zero attached hydrogens (tertiary/aromatic N) is 1. The van der Waals surface area contributed by atoms with Gasteiger partial charge in [-0.1, -0.05) is 6.07 Å². The van der Waals surface area contributed by atoms with Gasteiger partial charge in [0.05, 0.1) is 16.9 Å². The van der Waals surface area contributed by atoms with Gasteiger partial charge in [-0.05, 0) is 53.4 Å². The zero-order valence-electron chi connectivity index (χ0n) is 11.7. The van der Waals surface area contributed by atoms with Gasteiger partial charge in [0, 0.05) is 17.6 Å². The number of hydrogen-bond acceptors (Lipinski definition) is 3. The van der Waals surface area contributed by atoms with E-state index in [2.05, 4.69) is 21.2 Å². The summed E-state index contributed by atoms with van der Waals surface area (Å²) in [6.07, 6.45) is 1.48. The standard InChI is InChI=1S/C14H17BrN2O3S/c1-9-4-5-13(11(15)7-9)21(19,20)17-6-2-3-10-12(17)8-16-14(10)18/h4-5,7,10,12H,2-3,6,8H2,1H3,(H,16,18). The number of halogens is 1. The van der Waals surface area contributed by atoms with Crippen molar-refractivity contribution in [1.82, 2.24) is 9.62 Å². The molecular weight excluding hydrogens is 356 g/mol. The second kappa shape index (κ2) is 5.37. The van der Waals surface area contributed by atoms with Crippen molar-refractivity contribution in [2.75, 3.05) is 13.1 Å². The fourth-order valence-corrected chi connectivity index (χ4v) is 6.00. The van der Waals surface area contributed by atoms with Gasteiger partial charge in [0.15, 0.2) is 0 Å². The Bertz CT molecular complexity index is 689. The van der Waals surface area contributed by atoms with Crippen LogP contribution in [-0.2, 0) is 14.8 Å². The van der Waals surface area contributed by atoms with Crippen molar-refractivity contribution in [1.29, 1.82) is 0 Å². The molecule has 2 fully saturated rings. The van der Waals surface area contributed by atoms with Crippen molar-refractivity contribution in [3.63, 3.8) is 0 Å². The molecule has 1 amide bonds. The smallest absolute Gasteiger partial charge is 0.244 e. The number of fused-ring (bicyclic) bond motifs is 1. The van der Waals surface area contributed by atoms with E-state index >= 15 is 0 Å². The van der Waals surface area contributed by atoms with Crippen LogP contribution in [0.4, 0.5) is 0 Å². The topological polar surface area (TPSA) is 66.5 Å². The molecule has 0 spiro atoms. The van der Waals surface area contributed by atoms with Crippen molar-refractivity contribution in [2.24, 2.45) is 5.92 Å². The molecule has 0 aromatic heterocycles. The largest absolute Gasteiger partial charge is 0.354 e. The molecule has 1 aromatic rings. The molecule has 5 nitrogen and oxygen atoms in total. The van der Waals surface area contributed by atoms with Crippen LogP contribution >= 0.6 is 15.9 Å². The van der Waals surface area contributed by atoms with Crippen LogP contribution in [0.25, 0.3) is 0 Å². The highest BCUT2D eigenvalue weighted by molar-refractivity contribution is 9.10. The lowest BCUT2D eigenvalue weighted by atomic mass is 9.93. The maximum atomic E-state index is 12.9. The molecule has 0 bridgehead atoms. The Kier molecular flexibility index (Phi) is 3.83. The predicted octanol–water partition coefficient (Wildman–Crippen LogP) is 1.66. The minimum Gasteiger partial charge on any atom is -0.354 e. The van der Waals surface area contributed by atoms with Gasteiger partial charge in [0.1, 0.15) is 0 Å². The predicted molar refractivity (Wildman–Crippen MR) is 82.3 cm³/mol. The van der Waals surface area contributed by atoms with E-state index in [-0.39, 0.29) is 22.8 Å². The molecule has 0 aliphatic carbocycles. The number of carbonyl (C=O) groups is 1. The Morgan fingerprint density at radius 2 is 2.14 bits per heavy atom. The van der Waals surface area contributed by atoms with Gasteiger partial charge < -0.3 is 5.32 Å². The highest BCUT2D eigenvalue weighted by Gasteiger charge is 2.45. The molecule has 2 unspecified atom stereocenters. The molecule has 114 valence electrons. The Hall–Kier alpha value is -0.920. The van der Waals surface area contributed by atoms with Gasteiger partial charge in [-0.15, -0.1) is 0 Å². The minimum absolute atomic E-state index is 0.0251. The van der Waals surface area contributed by atoms with Crippen molar-refractivity contribution >= 4 is 31.9 Å². The van der Waals surface area contributed by atoms with Gasteiger partial charge in [0.25, 0.3) is 0 Å². The zero-order chi connectivity index (χ0) is 15.2. The van der Waals surface area contributed by atoms with Gasteiger partial charge in [-0.25, -0.2) is 8.42 Å². The third-order valence-corrected chi connectivity index (χ3v) is 7.13. The Morgan fingerprint density at radius 3 is 2.86 bits per heavy atom. The van der Waals surface area contributed by atoms with E-state index in [0.29, 0.717) is 17.6 Å². The van der Waals surface area contributed by atoms with E-state index in [0.717, 1.165) is 18.4 Å². The summed E-state index contributed by atoms with van der Waals surface area (Å²) in [7, 11) is -3.59. The van der Waals surface area contributed by atoms with Crippen LogP contribution in [0.5, 0.6) is 0 Å². The molecule has 3 rings (SSSR count). The van der Waals surface area contributed by atoms with Crippen molar-refractivity contribution in [3.8, 4) is 0 Å². The number of amides is 1. The quantitative estimate of drug-likeness (QED) is 0.858. The number of hydrogen-bond donors (Lipinski definition) is 1. The third-order valence-electron chi connectivity index (χ3n) is 4.22. The van der Waals surface area contributed by atoms with Crippen LogP contribution in [0.3, 0.4) is 0 Å². The number of sulfonamides is 1. The maximum Gasteiger partial charge on any atom is 0.244 e. The van der Waals surface area contributed by atoms with Crippen molar-refractivity contribution in [2.45, 2.75) is 30.7 Å². The van der Waals surface area contributed by atoms with Crippen LogP contribution in [0.1, 0.15) is 18.4 Å². The van der Waals surface area contributed by atoms with Crippen LogP contribution in [0, 0.1) is 12.8 Å². The minimum atomic E-state index is -3.59. The summed E-state index contributed by atoms with van der Waals surface area (Å²) in [5.41, 5.74) is 0.995. The Morgan fingerprint density at radius 1 is 1.38 bits per heavy atom. The molecule has 21 heavy (non-hydrogen) atoms. The third kappa shape index (κ3) is 2.51. The van der Waals surface area contributed by atoms with Crippen molar-refractivity contribution < 1.29 is 13.2 Å². The monoisotopic (exact) mass is 372 g/mol. The first-order valence-corrected chi connectivity index (χ1v) is 9.20. The van der Waals surface area contributed by atoms with E-state index < -0.39 is 10.0 Å². The molecule has 2 aliphatic heterocycles. The van der Waals surface area contributed by atoms with Crippen LogP contribution in [-0.4, -0.2) is 37.8 Å². The van der Waals surface area contributed by atoms with Crippen LogP contribution in [0.2, 0.25) is 0 Å². The maximum absolute atomic E-state index is 12.9. The molecule has 0 radical (unpaired) electrons. The molecule has 2 atom stereocenters. The molecule has 7 heteroatoms. The number of aryl methyl sites for hydroxylation is 1. The Balaban J connectivity index is 1.99. The van der Waals surface area contributed by atoms with Gasteiger partial charge in [-0.2, -0.15) is 4.31 Å². The second-order valence-electron chi connectivity index (χ2n) is 5.61. The first kappa shape index (κ1) is 15.0. The summed E-state index contributed by atoms with van der Waals surface area (Å²) in [5.74, 6) is -0.236. The molecule has 0 saturated carbocycles. The molecule has 2 saturated heterocycles. The van der Waals surface area contributed by atoms with E-state index in [1.165, 1.54) is 4.31 Å². The lowest BCUT2D eigenvalue weighted by Crippen LogP contribution is -2.48. The summed E-state index contributed by atoms with van der Waals surface area (Å²) in [5, 5.41) is 2.78. The SMILES string of the molecule is Cc1ccc(S(=O)(=O)N2CCCC3C(=O)NCC32)c(Br)c1. The average Bonchev–Trinajstić information content (AvgIpc) is 2.80. The number of piperidine rings is 1. The van der Waals surface area contributed by atoms with E-state index in [9.17, 15) is 13.2 Å². The molecule has 2 aliphatic rings. The van der Waals surface area contributed by atoms with Crippen molar-refractivity contribution in [3.05, 3.63) is 28.2 Å². The first-order valence-electron chi connectivity index (χ1n) is 6.97. The van der Waals surface area contributed by atoms with E-state index in [4.69, 9.17) is 0 Å². The van der Waals surface area contributed by atoms with E-state index in [1.807, 2.05) is 6.92 Å². The molecular formula is C14H17BrN2O3S. The summed E-state index contributed by atoms with van der Waals surface area (Å²) in [6.45, 7) is 2.79. The lowest BCUT2D eigenvalue weighted by molar-refractivity contribution is -0.123. The van der Waals surface area contributed by atoms with Gasteiger partial charge in [0.2, 0.25) is 15.9 Å². The lowest BCUT2D eigenvalue weighted by Gasteiger charge is -2.35. The average molecular weight is 373 g/mol. The van der Waals surface area contributed by atoms with Crippen LogP contribution < -0.4 is 5.32 Å². The summed E-state index contributed by atoms with van der Waals surface area (Å²) >= 11 is 3.35. The number of rotatable bonds is 2. The normalized spacial score (nSPS) is 26.5. The number of carbonyl (C=O) groups excluding carboxylic acids is 1.